The number of hydrogen-bond donors (Lipinski definition) is 1. The lowest BCUT2D eigenvalue weighted by atomic mass is 9.99. The number of nitrogens with two attached hydrogens (primary N) is 1. The lowest BCUT2D eigenvalue weighted by Gasteiger charge is -2.14. The van der Waals surface area contributed by atoms with Gasteiger partial charge in [-0.25, -0.2) is 8.78 Å². The second-order valence-corrected chi connectivity index (χ2v) is 5.78. The molecule has 0 bridgehead atoms. The van der Waals surface area contributed by atoms with Gasteiger partial charge in [0, 0.05) is 16.6 Å². The molecule has 106 valence electrons. The summed E-state index contributed by atoms with van der Waals surface area (Å²) < 4.78 is 27.5. The van der Waals surface area contributed by atoms with Crippen LogP contribution in [0.4, 0.5) is 8.78 Å². The molecule has 2 aromatic rings. The number of benzene rings is 2. The van der Waals surface area contributed by atoms with Crippen molar-refractivity contribution in [3.8, 4) is 0 Å². The Bertz CT molecular complexity index is 599. The van der Waals surface area contributed by atoms with Crippen molar-refractivity contribution in [2.75, 3.05) is 0 Å². The predicted molar refractivity (Wildman–Crippen MR) is 80.9 cm³/mol. The van der Waals surface area contributed by atoms with E-state index in [1.54, 1.807) is 24.3 Å². The van der Waals surface area contributed by atoms with Crippen LogP contribution >= 0.6 is 27.5 Å². The van der Waals surface area contributed by atoms with Crippen LogP contribution < -0.4 is 5.73 Å². The van der Waals surface area contributed by atoms with Crippen LogP contribution in [-0.4, -0.2) is 6.04 Å². The van der Waals surface area contributed by atoms with Crippen LogP contribution in [-0.2, 0) is 12.8 Å². The van der Waals surface area contributed by atoms with Gasteiger partial charge >= 0.3 is 0 Å². The average molecular weight is 361 g/mol. The predicted octanol–water partition coefficient (Wildman–Crippen LogP) is 4.49. The van der Waals surface area contributed by atoms with Crippen molar-refractivity contribution in [3.05, 3.63) is 68.7 Å². The molecular weight excluding hydrogens is 348 g/mol. The molecule has 0 saturated heterocycles. The van der Waals surface area contributed by atoms with E-state index in [0.717, 1.165) is 5.56 Å². The molecule has 0 heterocycles. The van der Waals surface area contributed by atoms with Gasteiger partial charge in [-0.1, -0.05) is 29.8 Å². The monoisotopic (exact) mass is 359 g/mol. The van der Waals surface area contributed by atoms with E-state index >= 15 is 0 Å². The van der Waals surface area contributed by atoms with Crippen molar-refractivity contribution in [2.45, 2.75) is 18.9 Å². The normalized spacial score (nSPS) is 12.4. The van der Waals surface area contributed by atoms with Gasteiger partial charge in [0.25, 0.3) is 0 Å². The highest BCUT2D eigenvalue weighted by atomic mass is 79.9. The average Bonchev–Trinajstić information content (AvgIpc) is 2.39. The maximum Gasteiger partial charge on any atom is 0.137 e. The van der Waals surface area contributed by atoms with Crippen molar-refractivity contribution < 1.29 is 8.78 Å². The van der Waals surface area contributed by atoms with Crippen LogP contribution in [0.5, 0.6) is 0 Å². The Hall–Kier alpha value is -0.970. The molecular formula is C15H13BrClF2N. The van der Waals surface area contributed by atoms with E-state index in [0.29, 0.717) is 27.9 Å². The second kappa shape index (κ2) is 6.66. The minimum absolute atomic E-state index is 0.300. The van der Waals surface area contributed by atoms with Crippen LogP contribution in [0.25, 0.3) is 0 Å². The van der Waals surface area contributed by atoms with Crippen molar-refractivity contribution in [1.29, 1.82) is 0 Å². The summed E-state index contributed by atoms with van der Waals surface area (Å²) in [7, 11) is 0. The largest absolute Gasteiger partial charge is 0.327 e. The first-order valence-electron chi connectivity index (χ1n) is 6.10. The van der Waals surface area contributed by atoms with Crippen molar-refractivity contribution in [3.63, 3.8) is 0 Å². The Morgan fingerprint density at radius 1 is 1.05 bits per heavy atom. The molecule has 20 heavy (non-hydrogen) atoms. The Morgan fingerprint density at radius 3 is 2.40 bits per heavy atom. The fourth-order valence-corrected chi connectivity index (χ4v) is 2.72. The minimum Gasteiger partial charge on any atom is -0.327 e. The quantitative estimate of drug-likeness (QED) is 0.854. The van der Waals surface area contributed by atoms with Crippen LogP contribution in [0.3, 0.4) is 0 Å². The third-order valence-electron chi connectivity index (χ3n) is 3.04. The standard InChI is InChI=1S/C15H13BrClF2N/c16-15-9(3-1-6-14(15)19)7-10(20)8-11-12(17)4-2-5-13(11)18/h1-6,10H,7-8,20H2. The minimum atomic E-state index is -0.369. The van der Waals surface area contributed by atoms with Crippen LogP contribution in [0.15, 0.2) is 40.9 Å². The van der Waals surface area contributed by atoms with E-state index < -0.39 is 0 Å². The van der Waals surface area contributed by atoms with Gasteiger partial charge in [-0.15, -0.1) is 0 Å². The van der Waals surface area contributed by atoms with Gasteiger partial charge in [-0.05, 0) is 52.5 Å². The first-order chi connectivity index (χ1) is 9.49. The van der Waals surface area contributed by atoms with Crippen molar-refractivity contribution in [1.82, 2.24) is 0 Å². The van der Waals surface area contributed by atoms with E-state index in [9.17, 15) is 8.78 Å². The SMILES string of the molecule is NC(Cc1cccc(F)c1Br)Cc1c(F)cccc1Cl. The zero-order valence-corrected chi connectivity index (χ0v) is 12.9. The highest BCUT2D eigenvalue weighted by molar-refractivity contribution is 9.10. The summed E-state index contributed by atoms with van der Waals surface area (Å²) in [6.45, 7) is 0. The fourth-order valence-electron chi connectivity index (χ4n) is 2.05. The number of rotatable bonds is 4. The lowest BCUT2D eigenvalue weighted by Crippen LogP contribution is -2.26. The molecule has 0 aromatic heterocycles. The molecule has 0 spiro atoms. The van der Waals surface area contributed by atoms with Gasteiger partial charge in [0.1, 0.15) is 11.6 Å². The smallest absolute Gasteiger partial charge is 0.137 e. The van der Waals surface area contributed by atoms with Crippen molar-refractivity contribution in [2.24, 2.45) is 5.73 Å². The summed E-state index contributed by atoms with van der Waals surface area (Å²) >= 11 is 9.16. The van der Waals surface area contributed by atoms with Gasteiger partial charge in [0.2, 0.25) is 0 Å². The molecule has 2 aromatic carbocycles. The van der Waals surface area contributed by atoms with Crippen molar-refractivity contribution >= 4 is 27.5 Å². The summed E-state index contributed by atoms with van der Waals surface area (Å²) in [5.41, 5.74) is 7.18. The van der Waals surface area contributed by atoms with Gasteiger partial charge < -0.3 is 5.73 Å². The summed E-state index contributed by atoms with van der Waals surface area (Å²) in [5.74, 6) is -0.704. The van der Waals surface area contributed by atoms with E-state index in [1.807, 2.05) is 0 Å². The molecule has 5 heteroatoms. The first-order valence-corrected chi connectivity index (χ1v) is 7.27. The number of halogens is 4. The molecule has 0 radical (unpaired) electrons. The third kappa shape index (κ3) is 3.57. The fraction of sp³-hybridized carbons (Fsp3) is 0.200. The van der Waals surface area contributed by atoms with Gasteiger partial charge in [-0.2, -0.15) is 0 Å². The molecule has 1 nitrogen and oxygen atoms in total. The van der Waals surface area contributed by atoms with E-state index in [2.05, 4.69) is 15.9 Å². The molecule has 1 atom stereocenters. The Kier molecular flexibility index (Phi) is 5.13. The van der Waals surface area contributed by atoms with Gasteiger partial charge in [-0.3, -0.25) is 0 Å². The molecule has 0 aliphatic heterocycles. The molecule has 2 N–H and O–H groups in total. The Balaban J connectivity index is 2.13. The molecule has 0 saturated carbocycles. The molecule has 0 aliphatic rings. The highest BCUT2D eigenvalue weighted by Crippen LogP contribution is 2.24. The van der Waals surface area contributed by atoms with Gasteiger partial charge in [0.05, 0.1) is 4.47 Å². The maximum atomic E-state index is 13.7. The zero-order chi connectivity index (χ0) is 14.7. The van der Waals surface area contributed by atoms with Crippen LogP contribution in [0, 0.1) is 11.6 Å². The maximum absolute atomic E-state index is 13.7. The summed E-state index contributed by atoms with van der Waals surface area (Å²) in [5, 5.41) is 0.360. The van der Waals surface area contributed by atoms with Crippen LogP contribution in [0.2, 0.25) is 5.02 Å². The molecule has 0 aliphatic carbocycles. The summed E-state index contributed by atoms with van der Waals surface area (Å²) in [4.78, 5) is 0. The zero-order valence-electron chi connectivity index (χ0n) is 10.5. The summed E-state index contributed by atoms with van der Waals surface area (Å²) in [6.07, 6.45) is 0.734. The third-order valence-corrected chi connectivity index (χ3v) is 4.28. The topological polar surface area (TPSA) is 26.0 Å². The Morgan fingerprint density at radius 2 is 1.70 bits per heavy atom. The van der Waals surface area contributed by atoms with E-state index in [4.69, 9.17) is 17.3 Å². The highest BCUT2D eigenvalue weighted by Gasteiger charge is 2.14. The molecule has 0 fully saturated rings. The Labute approximate surface area is 129 Å². The molecule has 1 unspecified atom stereocenters. The number of hydrogen-bond acceptors (Lipinski definition) is 1. The first kappa shape index (κ1) is 15.4. The van der Waals surface area contributed by atoms with E-state index in [-0.39, 0.29) is 17.7 Å². The van der Waals surface area contributed by atoms with E-state index in [1.165, 1.54) is 12.1 Å². The van der Waals surface area contributed by atoms with Crippen LogP contribution in [0.1, 0.15) is 11.1 Å². The molecule has 2 rings (SSSR count). The second-order valence-electron chi connectivity index (χ2n) is 4.58. The summed E-state index contributed by atoms with van der Waals surface area (Å²) in [6, 6.07) is 8.97. The van der Waals surface area contributed by atoms with Gasteiger partial charge in [0.15, 0.2) is 0 Å². The lowest BCUT2D eigenvalue weighted by molar-refractivity contribution is 0.580. The molecule has 0 amide bonds.